The van der Waals surface area contributed by atoms with E-state index in [2.05, 4.69) is 5.32 Å². The number of sulfonamides is 1. The normalized spacial score (nSPS) is 11.4. The number of benzene rings is 4. The smallest absolute Gasteiger partial charge is 0.264 e. The molecule has 0 unspecified atom stereocenters. The number of carbonyl (C=O) groups is 1. The SMILES string of the molecule is Cc1ccc(S(=O)(=O)N(CC(=O)Nc2cccc3ccccc23)c2ccc(C)cc2C)cc1. The fourth-order valence-electron chi connectivity index (χ4n) is 3.88. The number of hydrogen-bond donors (Lipinski definition) is 1. The van der Waals surface area contributed by atoms with Gasteiger partial charge in [-0.1, -0.05) is 71.8 Å². The van der Waals surface area contributed by atoms with Crippen molar-refractivity contribution in [3.8, 4) is 0 Å². The molecule has 0 fully saturated rings. The first kappa shape index (κ1) is 22.6. The minimum absolute atomic E-state index is 0.144. The Morgan fingerprint density at radius 1 is 0.818 bits per heavy atom. The molecule has 1 amide bonds. The highest BCUT2D eigenvalue weighted by atomic mass is 32.2. The minimum Gasteiger partial charge on any atom is -0.324 e. The van der Waals surface area contributed by atoms with E-state index in [1.807, 2.05) is 75.4 Å². The first-order valence-corrected chi connectivity index (χ1v) is 12.1. The van der Waals surface area contributed by atoms with Crippen LogP contribution in [0.4, 0.5) is 11.4 Å². The quantitative estimate of drug-likeness (QED) is 0.409. The van der Waals surface area contributed by atoms with E-state index in [1.54, 1.807) is 30.3 Å². The summed E-state index contributed by atoms with van der Waals surface area (Å²) in [7, 11) is -3.96. The molecule has 0 bridgehead atoms. The topological polar surface area (TPSA) is 66.5 Å². The van der Waals surface area contributed by atoms with Crippen molar-refractivity contribution in [2.45, 2.75) is 25.7 Å². The van der Waals surface area contributed by atoms with Crippen LogP contribution in [0.2, 0.25) is 0 Å². The van der Waals surface area contributed by atoms with Gasteiger partial charge in [-0.15, -0.1) is 0 Å². The number of rotatable bonds is 6. The fourth-order valence-corrected chi connectivity index (χ4v) is 5.36. The molecule has 0 aliphatic rings. The Morgan fingerprint density at radius 2 is 1.48 bits per heavy atom. The van der Waals surface area contributed by atoms with Gasteiger partial charge in [-0.3, -0.25) is 9.10 Å². The Labute approximate surface area is 194 Å². The third-order valence-electron chi connectivity index (χ3n) is 5.58. The molecule has 0 saturated heterocycles. The summed E-state index contributed by atoms with van der Waals surface area (Å²) >= 11 is 0. The van der Waals surface area contributed by atoms with Crippen molar-refractivity contribution in [1.29, 1.82) is 0 Å². The van der Waals surface area contributed by atoms with Crippen LogP contribution in [0.25, 0.3) is 10.8 Å². The van der Waals surface area contributed by atoms with Crippen LogP contribution in [0.15, 0.2) is 89.8 Å². The molecule has 1 N–H and O–H groups in total. The number of fused-ring (bicyclic) bond motifs is 1. The van der Waals surface area contributed by atoms with E-state index in [0.29, 0.717) is 11.4 Å². The van der Waals surface area contributed by atoms with Crippen LogP contribution >= 0.6 is 0 Å². The van der Waals surface area contributed by atoms with Gasteiger partial charge in [-0.2, -0.15) is 0 Å². The van der Waals surface area contributed by atoms with Gasteiger partial charge < -0.3 is 5.32 Å². The second kappa shape index (κ2) is 9.08. The van der Waals surface area contributed by atoms with Crippen LogP contribution in [0.3, 0.4) is 0 Å². The third-order valence-corrected chi connectivity index (χ3v) is 7.35. The van der Waals surface area contributed by atoms with Gasteiger partial charge in [0.15, 0.2) is 0 Å². The molecule has 5 nitrogen and oxygen atoms in total. The van der Waals surface area contributed by atoms with Gasteiger partial charge in [0.2, 0.25) is 5.91 Å². The summed E-state index contributed by atoms with van der Waals surface area (Å²) in [6.45, 7) is 5.35. The largest absolute Gasteiger partial charge is 0.324 e. The highest BCUT2D eigenvalue weighted by Gasteiger charge is 2.28. The van der Waals surface area contributed by atoms with Crippen LogP contribution in [-0.4, -0.2) is 20.9 Å². The average molecular weight is 459 g/mol. The van der Waals surface area contributed by atoms with Gasteiger partial charge in [0, 0.05) is 11.1 Å². The van der Waals surface area contributed by atoms with Crippen molar-refractivity contribution in [1.82, 2.24) is 0 Å². The highest BCUT2D eigenvalue weighted by molar-refractivity contribution is 7.92. The van der Waals surface area contributed by atoms with E-state index >= 15 is 0 Å². The van der Waals surface area contributed by atoms with Crippen molar-refractivity contribution >= 4 is 38.1 Å². The summed E-state index contributed by atoms with van der Waals surface area (Å²) in [6.07, 6.45) is 0. The van der Waals surface area contributed by atoms with Gasteiger partial charge in [-0.25, -0.2) is 8.42 Å². The van der Waals surface area contributed by atoms with Crippen molar-refractivity contribution in [2.24, 2.45) is 0 Å². The number of anilines is 2. The Hall–Kier alpha value is -3.64. The Morgan fingerprint density at radius 3 is 2.21 bits per heavy atom. The number of nitrogens with one attached hydrogen (secondary N) is 1. The summed E-state index contributed by atoms with van der Waals surface area (Å²) in [5, 5.41) is 4.79. The highest BCUT2D eigenvalue weighted by Crippen LogP contribution is 2.28. The predicted molar refractivity (Wildman–Crippen MR) is 134 cm³/mol. The first-order chi connectivity index (χ1) is 15.8. The lowest BCUT2D eigenvalue weighted by molar-refractivity contribution is -0.114. The van der Waals surface area contributed by atoms with E-state index in [-0.39, 0.29) is 11.4 Å². The summed E-state index contributed by atoms with van der Waals surface area (Å²) < 4.78 is 28.4. The Kier molecular flexibility index (Phi) is 6.20. The van der Waals surface area contributed by atoms with Crippen LogP contribution in [0.1, 0.15) is 16.7 Å². The minimum atomic E-state index is -3.96. The molecular formula is C27H26N2O3S. The maximum Gasteiger partial charge on any atom is 0.264 e. The molecule has 0 aliphatic heterocycles. The number of nitrogens with zero attached hydrogens (tertiary/aromatic N) is 1. The molecule has 4 aromatic carbocycles. The molecule has 0 spiro atoms. The van der Waals surface area contributed by atoms with Crippen molar-refractivity contribution < 1.29 is 13.2 Å². The Balaban J connectivity index is 1.71. The molecule has 0 radical (unpaired) electrons. The van der Waals surface area contributed by atoms with E-state index < -0.39 is 15.9 Å². The zero-order valence-corrected chi connectivity index (χ0v) is 19.7. The van der Waals surface area contributed by atoms with E-state index in [1.165, 1.54) is 4.31 Å². The van der Waals surface area contributed by atoms with Gasteiger partial charge in [0.25, 0.3) is 10.0 Å². The molecule has 0 heterocycles. The molecule has 4 aromatic rings. The molecule has 0 aromatic heterocycles. The molecule has 6 heteroatoms. The zero-order chi connectivity index (χ0) is 23.6. The number of hydrogen-bond acceptors (Lipinski definition) is 3. The van der Waals surface area contributed by atoms with E-state index in [0.717, 1.165) is 27.5 Å². The zero-order valence-electron chi connectivity index (χ0n) is 18.9. The lowest BCUT2D eigenvalue weighted by Crippen LogP contribution is -2.38. The molecular weight excluding hydrogens is 432 g/mol. The van der Waals surface area contributed by atoms with Crippen LogP contribution in [0, 0.1) is 20.8 Å². The lowest BCUT2D eigenvalue weighted by atomic mass is 10.1. The maximum atomic E-state index is 13.6. The summed E-state index contributed by atoms with van der Waals surface area (Å²) in [5.41, 5.74) is 3.88. The predicted octanol–water partition coefficient (Wildman–Crippen LogP) is 5.60. The van der Waals surface area contributed by atoms with Crippen molar-refractivity contribution in [2.75, 3.05) is 16.2 Å². The van der Waals surface area contributed by atoms with Crippen molar-refractivity contribution in [3.05, 3.63) is 102 Å². The summed E-state index contributed by atoms with van der Waals surface area (Å²) in [6, 6.07) is 25.5. The lowest BCUT2D eigenvalue weighted by Gasteiger charge is -2.26. The average Bonchev–Trinajstić information content (AvgIpc) is 2.78. The van der Waals surface area contributed by atoms with Gasteiger partial charge in [0.05, 0.1) is 10.6 Å². The number of aryl methyl sites for hydroxylation is 3. The molecule has 168 valence electrons. The maximum absolute atomic E-state index is 13.6. The van der Waals surface area contributed by atoms with Crippen molar-refractivity contribution in [3.63, 3.8) is 0 Å². The molecule has 0 atom stereocenters. The number of amides is 1. The standard InChI is InChI=1S/C27H26N2O3S/c1-19-11-14-23(15-12-19)33(31,32)29(26-16-13-20(2)17-21(26)3)18-27(30)28-25-10-6-8-22-7-4-5-9-24(22)25/h4-17H,18H2,1-3H3,(H,28,30). The Bertz CT molecular complexity index is 1420. The summed E-state index contributed by atoms with van der Waals surface area (Å²) in [4.78, 5) is 13.3. The van der Waals surface area contributed by atoms with Crippen LogP contribution < -0.4 is 9.62 Å². The monoisotopic (exact) mass is 458 g/mol. The number of carbonyl (C=O) groups excluding carboxylic acids is 1. The first-order valence-electron chi connectivity index (χ1n) is 10.7. The van der Waals surface area contributed by atoms with Gasteiger partial charge in [0.1, 0.15) is 6.54 Å². The molecule has 4 rings (SSSR count). The van der Waals surface area contributed by atoms with Crippen LogP contribution in [0.5, 0.6) is 0 Å². The van der Waals surface area contributed by atoms with Gasteiger partial charge >= 0.3 is 0 Å². The van der Waals surface area contributed by atoms with Gasteiger partial charge in [-0.05, 0) is 56.0 Å². The fraction of sp³-hybridized carbons (Fsp3) is 0.148. The summed E-state index contributed by atoms with van der Waals surface area (Å²) in [5.74, 6) is -0.415. The van der Waals surface area contributed by atoms with E-state index in [4.69, 9.17) is 0 Å². The molecule has 0 aliphatic carbocycles. The molecule has 33 heavy (non-hydrogen) atoms. The second-order valence-electron chi connectivity index (χ2n) is 8.19. The third kappa shape index (κ3) is 4.76. The van der Waals surface area contributed by atoms with Crippen LogP contribution in [-0.2, 0) is 14.8 Å². The second-order valence-corrected chi connectivity index (χ2v) is 10.1. The molecule has 0 saturated carbocycles. The van der Waals surface area contributed by atoms with E-state index in [9.17, 15) is 13.2 Å².